The second kappa shape index (κ2) is 11.0. The highest BCUT2D eigenvalue weighted by Crippen LogP contribution is 2.34. The molecule has 1 aliphatic rings. The van der Waals surface area contributed by atoms with Crippen LogP contribution >= 0.6 is 0 Å². The number of methoxy groups -OCH3 is 1. The molecule has 0 fully saturated rings. The zero-order valence-corrected chi connectivity index (χ0v) is 20.5. The number of amides is 1. The number of carbonyl (C=O) groups excluding carboxylic acids is 1. The van der Waals surface area contributed by atoms with Crippen LogP contribution in [0.15, 0.2) is 47.0 Å². The van der Waals surface area contributed by atoms with Gasteiger partial charge in [0, 0.05) is 24.7 Å². The van der Waals surface area contributed by atoms with E-state index in [4.69, 9.17) is 23.5 Å². The first-order valence-electron chi connectivity index (χ1n) is 11.6. The zero-order chi connectivity index (χ0) is 24.8. The molecule has 8 heteroatoms. The lowest BCUT2D eigenvalue weighted by Crippen LogP contribution is -2.29. The molecule has 8 nitrogen and oxygen atoms in total. The van der Waals surface area contributed by atoms with E-state index in [1.165, 1.54) is 0 Å². The van der Waals surface area contributed by atoms with Crippen molar-refractivity contribution in [1.82, 2.24) is 10.1 Å². The second-order valence-electron chi connectivity index (χ2n) is 8.13. The second-order valence-corrected chi connectivity index (χ2v) is 8.13. The molecule has 0 N–H and O–H groups in total. The fourth-order valence-electron chi connectivity index (χ4n) is 3.85. The molecule has 1 aromatic heterocycles. The van der Waals surface area contributed by atoms with Gasteiger partial charge in [-0.05, 0) is 50.6 Å². The Morgan fingerprint density at radius 2 is 1.97 bits per heavy atom. The average Bonchev–Trinajstić information content (AvgIpc) is 3.21. The molecule has 4 rings (SSSR count). The normalized spacial score (nSPS) is 12.6. The van der Waals surface area contributed by atoms with Crippen LogP contribution in [0.5, 0.6) is 23.0 Å². The van der Waals surface area contributed by atoms with Gasteiger partial charge in [-0.1, -0.05) is 23.4 Å². The molecule has 1 aliphatic heterocycles. The van der Waals surface area contributed by atoms with Gasteiger partial charge in [0.25, 0.3) is 0 Å². The number of hydrogen-bond acceptors (Lipinski definition) is 7. The Balaban J connectivity index is 1.43. The average molecular weight is 479 g/mol. The van der Waals surface area contributed by atoms with Gasteiger partial charge in [-0.2, -0.15) is 0 Å². The standard InChI is InChI=1S/C27H30N2O6/c1-5-29(16-21-7-6-8-24-27(21)33-14-13-32-24)26(30)12-10-20-9-11-23(25(15-20)31-4)34-17-22-18(2)28-35-19(22)3/h6-12,15H,5,13-14,16-17H2,1-4H3/b12-10+. The Morgan fingerprint density at radius 1 is 1.14 bits per heavy atom. The summed E-state index contributed by atoms with van der Waals surface area (Å²) in [7, 11) is 1.59. The number of nitrogens with zero attached hydrogens (tertiary/aromatic N) is 2. The molecule has 0 saturated heterocycles. The van der Waals surface area contributed by atoms with E-state index in [1.807, 2.05) is 57.2 Å². The molecule has 35 heavy (non-hydrogen) atoms. The third kappa shape index (κ3) is 5.59. The number of rotatable bonds is 9. The van der Waals surface area contributed by atoms with Crippen LogP contribution in [0.2, 0.25) is 0 Å². The zero-order valence-electron chi connectivity index (χ0n) is 20.5. The first-order valence-corrected chi connectivity index (χ1v) is 11.6. The van der Waals surface area contributed by atoms with E-state index in [-0.39, 0.29) is 5.91 Å². The van der Waals surface area contributed by atoms with Gasteiger partial charge in [0.15, 0.2) is 23.0 Å². The lowest BCUT2D eigenvalue weighted by molar-refractivity contribution is -0.126. The van der Waals surface area contributed by atoms with Crippen LogP contribution in [0.3, 0.4) is 0 Å². The molecule has 0 aliphatic carbocycles. The molecule has 0 atom stereocenters. The third-order valence-corrected chi connectivity index (χ3v) is 5.86. The Morgan fingerprint density at radius 3 is 2.71 bits per heavy atom. The third-order valence-electron chi connectivity index (χ3n) is 5.86. The maximum atomic E-state index is 12.9. The van der Waals surface area contributed by atoms with Gasteiger partial charge in [-0.3, -0.25) is 4.79 Å². The van der Waals surface area contributed by atoms with Crippen LogP contribution in [0, 0.1) is 13.8 Å². The summed E-state index contributed by atoms with van der Waals surface area (Å²) in [6.45, 7) is 8.04. The summed E-state index contributed by atoms with van der Waals surface area (Å²) in [5, 5.41) is 3.95. The van der Waals surface area contributed by atoms with Crippen LogP contribution in [-0.4, -0.2) is 42.8 Å². The first kappa shape index (κ1) is 24.2. The number of aromatic nitrogens is 1. The van der Waals surface area contributed by atoms with Gasteiger partial charge in [0.1, 0.15) is 25.6 Å². The predicted molar refractivity (Wildman–Crippen MR) is 131 cm³/mol. The van der Waals surface area contributed by atoms with Gasteiger partial charge < -0.3 is 28.4 Å². The molecular formula is C27H30N2O6. The molecule has 1 amide bonds. The number of para-hydroxylation sites is 1. The summed E-state index contributed by atoms with van der Waals surface area (Å²) >= 11 is 0. The molecule has 2 heterocycles. The highest BCUT2D eigenvalue weighted by atomic mass is 16.6. The molecule has 0 radical (unpaired) electrons. The summed E-state index contributed by atoms with van der Waals surface area (Å²) in [4.78, 5) is 14.7. The minimum absolute atomic E-state index is 0.0977. The number of ether oxygens (including phenoxy) is 4. The highest BCUT2D eigenvalue weighted by Gasteiger charge is 2.19. The van der Waals surface area contributed by atoms with Crippen molar-refractivity contribution in [1.29, 1.82) is 0 Å². The monoisotopic (exact) mass is 478 g/mol. The fraction of sp³-hybridized carbons (Fsp3) is 0.333. The van der Waals surface area contributed by atoms with Crippen molar-refractivity contribution in [2.24, 2.45) is 0 Å². The van der Waals surface area contributed by atoms with Gasteiger partial charge in [-0.25, -0.2) is 0 Å². The lowest BCUT2D eigenvalue weighted by Gasteiger charge is -2.24. The number of benzene rings is 2. The van der Waals surface area contributed by atoms with Gasteiger partial charge in [0.2, 0.25) is 5.91 Å². The molecular weight excluding hydrogens is 448 g/mol. The number of fused-ring (bicyclic) bond motifs is 1. The Hall–Kier alpha value is -3.94. The Bertz CT molecular complexity index is 1200. The minimum Gasteiger partial charge on any atom is -0.493 e. The van der Waals surface area contributed by atoms with Crippen molar-refractivity contribution in [3.8, 4) is 23.0 Å². The quantitative estimate of drug-likeness (QED) is 0.412. The van der Waals surface area contributed by atoms with Crippen LogP contribution < -0.4 is 18.9 Å². The lowest BCUT2D eigenvalue weighted by atomic mass is 10.1. The smallest absolute Gasteiger partial charge is 0.246 e. The van der Waals surface area contributed by atoms with Crippen molar-refractivity contribution in [2.45, 2.75) is 33.9 Å². The SMILES string of the molecule is CCN(Cc1cccc2c1OCCO2)C(=O)/C=C/c1ccc(OCc2c(C)noc2C)c(OC)c1. The first-order chi connectivity index (χ1) is 17.0. The van der Waals surface area contributed by atoms with Crippen molar-refractivity contribution in [2.75, 3.05) is 26.9 Å². The van der Waals surface area contributed by atoms with Gasteiger partial charge in [0.05, 0.1) is 18.4 Å². The highest BCUT2D eigenvalue weighted by molar-refractivity contribution is 5.91. The van der Waals surface area contributed by atoms with E-state index in [1.54, 1.807) is 24.2 Å². The van der Waals surface area contributed by atoms with Crippen LogP contribution in [0.25, 0.3) is 6.08 Å². The molecule has 3 aromatic rings. The Kier molecular flexibility index (Phi) is 7.60. The van der Waals surface area contributed by atoms with E-state index in [9.17, 15) is 4.79 Å². The predicted octanol–water partition coefficient (Wildman–Crippen LogP) is 4.71. The van der Waals surface area contributed by atoms with E-state index < -0.39 is 0 Å². The van der Waals surface area contributed by atoms with E-state index in [0.29, 0.717) is 50.2 Å². The number of hydrogen-bond donors (Lipinski definition) is 0. The summed E-state index contributed by atoms with van der Waals surface area (Å²) in [5.74, 6) is 3.24. The molecule has 2 aromatic carbocycles. The van der Waals surface area contributed by atoms with Crippen molar-refractivity contribution in [3.63, 3.8) is 0 Å². The molecule has 0 saturated carbocycles. The summed E-state index contributed by atoms with van der Waals surface area (Å²) in [6, 6.07) is 11.3. The van der Waals surface area contributed by atoms with E-state index in [0.717, 1.165) is 33.9 Å². The molecule has 0 bridgehead atoms. The minimum atomic E-state index is -0.0977. The van der Waals surface area contributed by atoms with E-state index >= 15 is 0 Å². The number of likely N-dealkylation sites (N-methyl/N-ethyl adjacent to an activating group) is 1. The van der Waals surface area contributed by atoms with E-state index in [2.05, 4.69) is 5.16 Å². The molecule has 0 spiro atoms. The Labute approximate surface area is 205 Å². The van der Waals surface area contributed by atoms with Crippen molar-refractivity contribution in [3.05, 3.63) is 70.6 Å². The number of carbonyl (C=O) groups is 1. The van der Waals surface area contributed by atoms with Gasteiger partial charge >= 0.3 is 0 Å². The maximum absolute atomic E-state index is 12.9. The topological polar surface area (TPSA) is 83.3 Å². The van der Waals surface area contributed by atoms with Crippen LogP contribution in [0.4, 0.5) is 0 Å². The van der Waals surface area contributed by atoms with Crippen molar-refractivity contribution >= 4 is 12.0 Å². The number of aryl methyl sites for hydroxylation is 2. The fourth-order valence-corrected chi connectivity index (χ4v) is 3.85. The summed E-state index contributed by atoms with van der Waals surface area (Å²) in [6.07, 6.45) is 3.33. The van der Waals surface area contributed by atoms with Crippen molar-refractivity contribution < 1.29 is 28.3 Å². The molecule has 184 valence electrons. The summed E-state index contributed by atoms with van der Waals surface area (Å²) in [5.41, 5.74) is 3.46. The van der Waals surface area contributed by atoms with Crippen LogP contribution in [0.1, 0.15) is 35.1 Å². The van der Waals surface area contributed by atoms with Gasteiger partial charge in [-0.15, -0.1) is 0 Å². The largest absolute Gasteiger partial charge is 0.493 e. The summed E-state index contributed by atoms with van der Waals surface area (Å²) < 4.78 is 28.1. The molecule has 0 unspecified atom stereocenters. The maximum Gasteiger partial charge on any atom is 0.246 e. The van der Waals surface area contributed by atoms with Crippen LogP contribution in [-0.2, 0) is 17.9 Å².